The Morgan fingerprint density at radius 2 is 1.85 bits per heavy atom. The Hall–Kier alpha value is -2.58. The van der Waals surface area contributed by atoms with Gasteiger partial charge in [0.2, 0.25) is 11.7 Å². The lowest BCUT2D eigenvalue weighted by atomic mass is 9.85. The van der Waals surface area contributed by atoms with Crippen LogP contribution < -0.4 is 14.8 Å². The topological polar surface area (TPSA) is 105 Å². The van der Waals surface area contributed by atoms with Crippen LogP contribution in [0.1, 0.15) is 24.8 Å². The van der Waals surface area contributed by atoms with E-state index in [1.54, 1.807) is 4.72 Å². The monoisotopic (exact) mass is 526 g/mol. The number of thioether (sulfide) groups is 1. The maximum Gasteiger partial charge on any atom is 0.403 e. The zero-order valence-corrected chi connectivity index (χ0v) is 19.2. The van der Waals surface area contributed by atoms with E-state index in [2.05, 4.69) is 5.32 Å². The van der Waals surface area contributed by atoms with Crippen molar-refractivity contribution >= 4 is 39.3 Å². The molecule has 1 saturated heterocycles. The van der Waals surface area contributed by atoms with E-state index in [9.17, 15) is 35.2 Å². The fourth-order valence-electron chi connectivity index (χ4n) is 3.70. The zero-order valence-electron chi connectivity index (χ0n) is 17.6. The summed E-state index contributed by atoms with van der Waals surface area (Å²) in [6.07, 6.45) is -5.32. The molecule has 0 spiro atoms. The number of carbonyl (C=O) groups is 1. The molecule has 2 aromatic rings. The standard InChI is InChI=1S/C20H19F5N2O5S2/c1-19(20(23,24)25)9-13(12-6-7-14(21)15(22)16(12)32-2)17(33-19)18(28)26-10-4-3-5-11(8-10)27-34(29,30)31/h3-8,13,17,27H,9H2,1-2H3,(H,26,28)(H,29,30,31)/t13-,17+,19+/m0/s1. The van der Waals surface area contributed by atoms with Crippen molar-refractivity contribution in [1.29, 1.82) is 0 Å². The number of ether oxygens (including phenoxy) is 1. The molecular weight excluding hydrogens is 507 g/mol. The molecule has 2 aromatic carbocycles. The first-order chi connectivity index (χ1) is 15.6. The van der Waals surface area contributed by atoms with Gasteiger partial charge in [-0.2, -0.15) is 26.0 Å². The lowest BCUT2D eigenvalue weighted by Crippen LogP contribution is -2.37. The van der Waals surface area contributed by atoms with E-state index in [0.29, 0.717) is 11.8 Å². The van der Waals surface area contributed by atoms with E-state index >= 15 is 0 Å². The van der Waals surface area contributed by atoms with E-state index in [-0.39, 0.29) is 16.9 Å². The van der Waals surface area contributed by atoms with Gasteiger partial charge in [0.15, 0.2) is 11.6 Å². The number of benzene rings is 2. The minimum Gasteiger partial charge on any atom is -0.493 e. The number of alkyl halides is 3. The molecule has 0 bridgehead atoms. The summed E-state index contributed by atoms with van der Waals surface area (Å²) in [5, 5.41) is 1.02. The molecule has 1 fully saturated rings. The molecule has 0 aromatic heterocycles. The SMILES string of the molecule is COc1c([C@@H]2C[C@](C)(C(F)(F)F)S[C@H]2C(=O)Nc2cccc(NS(=O)(=O)O)c2)ccc(F)c1F. The molecule has 186 valence electrons. The summed E-state index contributed by atoms with van der Waals surface area (Å²) >= 11 is 0.333. The van der Waals surface area contributed by atoms with Gasteiger partial charge in [-0.05, 0) is 37.6 Å². The second-order valence-electron chi connectivity index (χ2n) is 7.71. The summed E-state index contributed by atoms with van der Waals surface area (Å²) in [5.74, 6) is -5.29. The average molecular weight is 527 g/mol. The molecule has 3 N–H and O–H groups in total. The molecule has 3 rings (SSSR count). The zero-order chi connectivity index (χ0) is 25.5. The van der Waals surface area contributed by atoms with Gasteiger partial charge in [-0.3, -0.25) is 14.1 Å². The lowest BCUT2D eigenvalue weighted by Gasteiger charge is -2.26. The molecule has 0 unspecified atom stereocenters. The van der Waals surface area contributed by atoms with Crippen molar-refractivity contribution < 1.29 is 44.5 Å². The van der Waals surface area contributed by atoms with Crippen LogP contribution in [-0.2, 0) is 15.1 Å². The van der Waals surface area contributed by atoms with Crippen molar-refractivity contribution in [2.75, 3.05) is 17.1 Å². The normalized spacial score (nSPS) is 22.9. The highest BCUT2D eigenvalue weighted by molar-refractivity contribution is 8.02. The quantitative estimate of drug-likeness (QED) is 0.371. The van der Waals surface area contributed by atoms with E-state index in [4.69, 9.17) is 9.29 Å². The number of amides is 1. The third kappa shape index (κ3) is 5.39. The molecule has 0 saturated carbocycles. The minimum atomic E-state index is -4.71. The van der Waals surface area contributed by atoms with Crippen molar-refractivity contribution in [1.82, 2.24) is 0 Å². The van der Waals surface area contributed by atoms with Crippen LogP contribution in [0.25, 0.3) is 0 Å². The number of hydrogen-bond acceptors (Lipinski definition) is 5. The number of methoxy groups -OCH3 is 1. The number of hydrogen-bond donors (Lipinski definition) is 3. The second kappa shape index (κ2) is 9.23. The second-order valence-corrected chi connectivity index (χ2v) is 10.5. The van der Waals surface area contributed by atoms with Gasteiger partial charge < -0.3 is 10.1 Å². The Bertz CT molecular complexity index is 1210. The molecule has 1 aliphatic rings. The van der Waals surface area contributed by atoms with Gasteiger partial charge in [-0.15, -0.1) is 11.8 Å². The fourth-order valence-corrected chi connectivity index (χ4v) is 5.67. The molecule has 0 aliphatic carbocycles. The number of halogens is 5. The third-order valence-electron chi connectivity index (χ3n) is 5.28. The number of rotatable bonds is 6. The summed E-state index contributed by atoms with van der Waals surface area (Å²) in [4.78, 5) is 13.1. The Morgan fingerprint density at radius 3 is 2.44 bits per heavy atom. The molecular formula is C20H19F5N2O5S2. The summed E-state index contributed by atoms with van der Waals surface area (Å²) in [6, 6.07) is 6.93. The molecule has 14 heteroatoms. The van der Waals surface area contributed by atoms with E-state index < -0.39 is 62.1 Å². The first kappa shape index (κ1) is 26.0. The third-order valence-corrected chi connectivity index (χ3v) is 7.49. The van der Waals surface area contributed by atoms with Crippen LogP contribution in [0.5, 0.6) is 5.75 Å². The van der Waals surface area contributed by atoms with Crippen LogP contribution in [-0.4, -0.2) is 42.2 Å². The number of nitrogens with one attached hydrogen (secondary N) is 2. The molecule has 1 heterocycles. The summed E-state index contributed by atoms with van der Waals surface area (Å²) in [7, 11) is -3.56. The van der Waals surface area contributed by atoms with Crippen LogP contribution in [0.4, 0.5) is 33.3 Å². The van der Waals surface area contributed by atoms with Crippen LogP contribution in [0.2, 0.25) is 0 Å². The average Bonchev–Trinajstić information content (AvgIpc) is 3.08. The van der Waals surface area contributed by atoms with Gasteiger partial charge >= 0.3 is 16.5 Å². The highest BCUT2D eigenvalue weighted by Crippen LogP contribution is 2.59. The smallest absolute Gasteiger partial charge is 0.403 e. The van der Waals surface area contributed by atoms with Gasteiger partial charge in [0.25, 0.3) is 0 Å². The first-order valence-corrected chi connectivity index (χ1v) is 11.9. The molecule has 1 aliphatic heterocycles. The van der Waals surface area contributed by atoms with Gasteiger partial charge in [-0.25, -0.2) is 4.39 Å². The number of carbonyl (C=O) groups excluding carboxylic acids is 1. The highest BCUT2D eigenvalue weighted by Gasteiger charge is 2.60. The minimum absolute atomic E-state index is 0.0239. The molecule has 7 nitrogen and oxygen atoms in total. The fraction of sp³-hybridized carbons (Fsp3) is 0.350. The Kier molecular flexibility index (Phi) is 7.06. The predicted octanol–water partition coefficient (Wildman–Crippen LogP) is 4.74. The largest absolute Gasteiger partial charge is 0.493 e. The van der Waals surface area contributed by atoms with Gasteiger partial charge in [-0.1, -0.05) is 12.1 Å². The Balaban J connectivity index is 1.98. The van der Waals surface area contributed by atoms with Crippen molar-refractivity contribution in [2.45, 2.75) is 35.4 Å². The van der Waals surface area contributed by atoms with Crippen LogP contribution in [0.3, 0.4) is 0 Å². The van der Waals surface area contributed by atoms with E-state index in [1.165, 1.54) is 18.2 Å². The summed E-state index contributed by atoms with van der Waals surface area (Å²) in [5.41, 5.74) is -0.182. The van der Waals surface area contributed by atoms with Crippen molar-refractivity contribution in [3.8, 4) is 5.75 Å². The number of anilines is 2. The van der Waals surface area contributed by atoms with E-state index in [1.807, 2.05) is 0 Å². The van der Waals surface area contributed by atoms with Gasteiger partial charge in [0.05, 0.1) is 18.0 Å². The van der Waals surface area contributed by atoms with Gasteiger partial charge in [0, 0.05) is 17.2 Å². The van der Waals surface area contributed by atoms with Crippen molar-refractivity contribution in [3.63, 3.8) is 0 Å². The van der Waals surface area contributed by atoms with Crippen molar-refractivity contribution in [3.05, 3.63) is 53.6 Å². The molecule has 3 atom stereocenters. The van der Waals surface area contributed by atoms with Crippen LogP contribution in [0.15, 0.2) is 36.4 Å². The molecule has 1 amide bonds. The Labute approximate surface area is 195 Å². The van der Waals surface area contributed by atoms with Gasteiger partial charge in [0.1, 0.15) is 4.75 Å². The summed E-state index contributed by atoms with van der Waals surface area (Å²) < 4.78 is 105. The molecule has 0 radical (unpaired) electrons. The van der Waals surface area contributed by atoms with Crippen LogP contribution >= 0.6 is 11.8 Å². The van der Waals surface area contributed by atoms with E-state index in [0.717, 1.165) is 32.2 Å². The lowest BCUT2D eigenvalue weighted by molar-refractivity contribution is -0.155. The predicted molar refractivity (Wildman–Crippen MR) is 116 cm³/mol. The van der Waals surface area contributed by atoms with Crippen molar-refractivity contribution in [2.24, 2.45) is 0 Å². The maximum absolute atomic E-state index is 14.3. The Morgan fingerprint density at radius 1 is 1.21 bits per heavy atom. The first-order valence-electron chi connectivity index (χ1n) is 9.58. The summed E-state index contributed by atoms with van der Waals surface area (Å²) in [6.45, 7) is 0.918. The molecule has 34 heavy (non-hydrogen) atoms. The maximum atomic E-state index is 14.3. The highest BCUT2D eigenvalue weighted by atomic mass is 32.2. The van der Waals surface area contributed by atoms with Crippen LogP contribution in [0, 0.1) is 11.6 Å².